The van der Waals surface area contributed by atoms with E-state index in [0.717, 1.165) is 30.4 Å². The van der Waals surface area contributed by atoms with Gasteiger partial charge in [0.25, 0.3) is 0 Å². The number of nitrogens with zero attached hydrogens (tertiary/aromatic N) is 1. The van der Waals surface area contributed by atoms with Gasteiger partial charge in [0, 0.05) is 31.4 Å². The molecule has 29 heavy (non-hydrogen) atoms. The molecule has 0 bridgehead atoms. The molecule has 0 saturated carbocycles. The summed E-state index contributed by atoms with van der Waals surface area (Å²) in [5, 5.41) is 2.96. The molecule has 2 saturated heterocycles. The van der Waals surface area contributed by atoms with E-state index in [2.05, 4.69) is 5.32 Å². The Morgan fingerprint density at radius 1 is 1.00 bits per heavy atom. The highest BCUT2D eigenvalue weighted by atomic mass is 19.1. The Morgan fingerprint density at radius 3 is 2.52 bits per heavy atom. The predicted molar refractivity (Wildman–Crippen MR) is 109 cm³/mol. The molecule has 1 unspecified atom stereocenters. The summed E-state index contributed by atoms with van der Waals surface area (Å²) in [5.74, 6) is -0.405. The number of hydrogen-bond donors (Lipinski definition) is 1. The van der Waals surface area contributed by atoms with E-state index in [1.807, 2.05) is 24.3 Å². The van der Waals surface area contributed by atoms with Crippen LogP contribution in [0.2, 0.25) is 0 Å². The van der Waals surface area contributed by atoms with Crippen molar-refractivity contribution >= 4 is 17.5 Å². The topological polar surface area (TPSA) is 58.6 Å². The molecule has 1 N–H and O–H groups in total. The molecular weight excluding hydrogens is 371 g/mol. The predicted octanol–water partition coefficient (Wildman–Crippen LogP) is 3.85. The Labute approximate surface area is 169 Å². The van der Waals surface area contributed by atoms with Gasteiger partial charge < -0.3 is 15.0 Å². The van der Waals surface area contributed by atoms with Gasteiger partial charge in [0.2, 0.25) is 11.8 Å². The van der Waals surface area contributed by atoms with Gasteiger partial charge in [0.05, 0.1) is 0 Å². The molecule has 2 aromatic carbocycles. The number of carbonyl (C=O) groups excluding carboxylic acids is 2. The van der Waals surface area contributed by atoms with Crippen LogP contribution in [0.4, 0.5) is 10.1 Å². The number of amides is 2. The van der Waals surface area contributed by atoms with Crippen LogP contribution in [-0.2, 0) is 14.3 Å². The number of benzene rings is 2. The second-order valence-corrected chi connectivity index (χ2v) is 7.65. The Morgan fingerprint density at radius 2 is 1.76 bits per heavy atom. The lowest BCUT2D eigenvalue weighted by Crippen LogP contribution is -2.46. The minimum Gasteiger partial charge on any atom is -0.381 e. The number of anilines is 1. The molecule has 4 rings (SSSR count). The third-order valence-corrected chi connectivity index (χ3v) is 5.72. The Kier molecular flexibility index (Phi) is 5.90. The maximum Gasteiger partial charge on any atom is 0.247 e. The molecule has 152 valence electrons. The summed E-state index contributed by atoms with van der Waals surface area (Å²) in [5.41, 5.74) is 2.44. The lowest BCUT2D eigenvalue weighted by Gasteiger charge is -2.30. The summed E-state index contributed by atoms with van der Waals surface area (Å²) in [6.07, 6.45) is 2.97. The molecule has 2 aliphatic rings. The van der Waals surface area contributed by atoms with Crippen molar-refractivity contribution in [2.75, 3.05) is 25.1 Å². The first-order valence-corrected chi connectivity index (χ1v) is 10.2. The second-order valence-electron chi connectivity index (χ2n) is 7.65. The Hall–Kier alpha value is -2.73. The number of nitrogens with one attached hydrogen (secondary N) is 1. The van der Waals surface area contributed by atoms with E-state index < -0.39 is 6.04 Å². The number of rotatable bonds is 4. The van der Waals surface area contributed by atoms with Crippen LogP contribution in [-0.4, -0.2) is 42.5 Å². The number of likely N-dealkylation sites (tertiary alicyclic amines) is 1. The van der Waals surface area contributed by atoms with Crippen LogP contribution in [0.5, 0.6) is 0 Å². The van der Waals surface area contributed by atoms with Gasteiger partial charge in [-0.05, 0) is 61.1 Å². The van der Waals surface area contributed by atoms with Crippen molar-refractivity contribution in [1.29, 1.82) is 0 Å². The standard InChI is InChI=1S/C23H25FN2O3/c24-19-8-6-16(7-9-19)18-3-1-4-20(15-18)25-22(27)21-5-2-12-26(21)23(28)17-10-13-29-14-11-17/h1,3-4,6-9,15,17,21H,2,5,10-14H2,(H,25,27). The maximum atomic E-state index is 13.2. The Bertz CT molecular complexity index is 878. The minimum atomic E-state index is -0.431. The van der Waals surface area contributed by atoms with Crippen molar-refractivity contribution in [2.24, 2.45) is 5.92 Å². The van der Waals surface area contributed by atoms with E-state index in [9.17, 15) is 14.0 Å². The van der Waals surface area contributed by atoms with Crippen LogP contribution in [0.25, 0.3) is 11.1 Å². The first kappa shape index (κ1) is 19.6. The fraction of sp³-hybridized carbons (Fsp3) is 0.391. The van der Waals surface area contributed by atoms with Crippen LogP contribution in [0.3, 0.4) is 0 Å². The van der Waals surface area contributed by atoms with Crippen molar-refractivity contribution in [2.45, 2.75) is 31.7 Å². The third kappa shape index (κ3) is 4.48. The monoisotopic (exact) mass is 396 g/mol. The van der Waals surface area contributed by atoms with Crippen LogP contribution in [0.15, 0.2) is 48.5 Å². The lowest BCUT2D eigenvalue weighted by atomic mass is 9.98. The molecule has 6 heteroatoms. The van der Waals surface area contributed by atoms with Gasteiger partial charge in [0.1, 0.15) is 11.9 Å². The van der Waals surface area contributed by atoms with Gasteiger partial charge in [-0.25, -0.2) is 4.39 Å². The largest absolute Gasteiger partial charge is 0.381 e. The van der Waals surface area contributed by atoms with E-state index in [0.29, 0.717) is 31.9 Å². The second kappa shape index (κ2) is 8.74. The number of carbonyl (C=O) groups is 2. The highest BCUT2D eigenvalue weighted by molar-refractivity contribution is 5.98. The van der Waals surface area contributed by atoms with Crippen LogP contribution in [0, 0.1) is 11.7 Å². The lowest BCUT2D eigenvalue weighted by molar-refractivity contribution is -0.142. The number of hydrogen-bond acceptors (Lipinski definition) is 3. The third-order valence-electron chi connectivity index (χ3n) is 5.72. The van der Waals surface area contributed by atoms with Crippen molar-refractivity contribution in [3.8, 4) is 11.1 Å². The summed E-state index contributed by atoms with van der Waals surface area (Å²) in [6, 6.07) is 13.3. The SMILES string of the molecule is O=C(Nc1cccc(-c2ccc(F)cc2)c1)C1CCCN1C(=O)C1CCOCC1. The van der Waals surface area contributed by atoms with Crippen molar-refractivity contribution < 1.29 is 18.7 Å². The summed E-state index contributed by atoms with van der Waals surface area (Å²) in [4.78, 5) is 27.6. The fourth-order valence-electron chi connectivity index (χ4n) is 4.13. The van der Waals surface area contributed by atoms with Gasteiger partial charge >= 0.3 is 0 Å². The van der Waals surface area contributed by atoms with Crippen molar-refractivity contribution in [3.05, 3.63) is 54.3 Å². The molecule has 0 aromatic heterocycles. The quantitative estimate of drug-likeness (QED) is 0.854. The van der Waals surface area contributed by atoms with E-state index in [1.165, 1.54) is 12.1 Å². The maximum absolute atomic E-state index is 13.2. The summed E-state index contributed by atoms with van der Waals surface area (Å²) >= 11 is 0. The summed E-state index contributed by atoms with van der Waals surface area (Å²) in [6.45, 7) is 1.85. The van der Waals surface area contributed by atoms with Gasteiger partial charge in [-0.15, -0.1) is 0 Å². The molecule has 1 atom stereocenters. The number of halogens is 1. The molecule has 5 nitrogen and oxygen atoms in total. The average molecular weight is 396 g/mol. The first-order valence-electron chi connectivity index (χ1n) is 10.2. The van der Waals surface area contributed by atoms with E-state index in [-0.39, 0.29) is 23.5 Å². The first-order chi connectivity index (χ1) is 14.1. The summed E-state index contributed by atoms with van der Waals surface area (Å²) < 4.78 is 18.5. The highest BCUT2D eigenvalue weighted by Gasteiger charge is 2.37. The minimum absolute atomic E-state index is 0.0426. The zero-order chi connectivity index (χ0) is 20.2. The van der Waals surface area contributed by atoms with Gasteiger partial charge in [0.15, 0.2) is 0 Å². The van der Waals surface area contributed by atoms with Gasteiger partial charge in [-0.3, -0.25) is 9.59 Å². The molecule has 2 fully saturated rings. The van der Waals surface area contributed by atoms with E-state index in [4.69, 9.17) is 4.74 Å². The van der Waals surface area contributed by atoms with Crippen molar-refractivity contribution in [1.82, 2.24) is 4.90 Å². The molecule has 2 amide bonds. The van der Waals surface area contributed by atoms with E-state index in [1.54, 1.807) is 17.0 Å². The van der Waals surface area contributed by atoms with E-state index >= 15 is 0 Å². The molecule has 0 radical (unpaired) electrons. The molecule has 2 heterocycles. The normalized spacial score (nSPS) is 19.9. The smallest absolute Gasteiger partial charge is 0.247 e. The average Bonchev–Trinajstić information content (AvgIpc) is 3.25. The number of ether oxygens (including phenoxy) is 1. The van der Waals surface area contributed by atoms with Gasteiger partial charge in [-0.1, -0.05) is 24.3 Å². The summed E-state index contributed by atoms with van der Waals surface area (Å²) in [7, 11) is 0. The molecule has 0 spiro atoms. The van der Waals surface area contributed by atoms with Crippen LogP contribution < -0.4 is 5.32 Å². The highest BCUT2D eigenvalue weighted by Crippen LogP contribution is 2.27. The van der Waals surface area contributed by atoms with Crippen LogP contribution in [0.1, 0.15) is 25.7 Å². The van der Waals surface area contributed by atoms with Crippen LogP contribution >= 0.6 is 0 Å². The van der Waals surface area contributed by atoms with Gasteiger partial charge in [-0.2, -0.15) is 0 Å². The van der Waals surface area contributed by atoms with Crippen molar-refractivity contribution in [3.63, 3.8) is 0 Å². The zero-order valence-electron chi connectivity index (χ0n) is 16.3. The zero-order valence-corrected chi connectivity index (χ0v) is 16.3. The molecule has 2 aliphatic heterocycles. The Balaban J connectivity index is 1.45. The fourth-order valence-corrected chi connectivity index (χ4v) is 4.13. The molecule has 0 aliphatic carbocycles. The molecule has 2 aromatic rings. The molecular formula is C23H25FN2O3.